The number of aromatic nitrogens is 1. The first-order valence-electron chi connectivity index (χ1n) is 4.93. The van der Waals surface area contributed by atoms with E-state index in [0.29, 0.717) is 0 Å². The van der Waals surface area contributed by atoms with E-state index in [0.717, 1.165) is 22.2 Å². The van der Waals surface area contributed by atoms with Crippen LogP contribution in [0.4, 0.5) is 0 Å². The first-order valence-corrected chi connectivity index (χ1v) is 4.93. The fourth-order valence-corrected chi connectivity index (χ4v) is 1.86. The Kier molecular flexibility index (Phi) is 2.34. The Morgan fingerprint density at radius 2 is 2.07 bits per heavy atom. The van der Waals surface area contributed by atoms with Gasteiger partial charge < -0.3 is 5.84 Å². The van der Waals surface area contributed by atoms with Crippen molar-refractivity contribution in [3.8, 4) is 0 Å². The summed E-state index contributed by atoms with van der Waals surface area (Å²) in [4.78, 5) is 0. The normalized spacial score (nSPS) is 11.3. The minimum Gasteiger partial charge on any atom is -0.339 e. The van der Waals surface area contributed by atoms with Crippen molar-refractivity contribution in [3.05, 3.63) is 48.2 Å². The predicted molar refractivity (Wildman–Crippen MR) is 66.9 cm³/mol. The molecule has 0 aliphatic heterocycles. The molecule has 1 aromatic carbocycles. The van der Waals surface area contributed by atoms with E-state index in [1.165, 1.54) is 0 Å². The number of allylic oxidation sites excluding steroid dienone is 1. The van der Waals surface area contributed by atoms with Crippen LogP contribution in [0.5, 0.6) is 0 Å². The van der Waals surface area contributed by atoms with Gasteiger partial charge >= 0.3 is 0 Å². The summed E-state index contributed by atoms with van der Waals surface area (Å²) in [7, 11) is 0. The maximum absolute atomic E-state index is 5.99. The van der Waals surface area contributed by atoms with E-state index >= 15 is 0 Å². The number of fused-ring (bicyclic) bond motifs is 1. The van der Waals surface area contributed by atoms with E-state index in [-0.39, 0.29) is 0 Å². The first kappa shape index (κ1) is 9.59. The summed E-state index contributed by atoms with van der Waals surface area (Å²) in [5.74, 6) is 5.99. The minimum absolute atomic E-state index is 0.953. The second kappa shape index (κ2) is 3.65. The number of rotatable bonds is 2. The van der Waals surface area contributed by atoms with Crippen LogP contribution in [0.25, 0.3) is 23.1 Å². The van der Waals surface area contributed by atoms with Gasteiger partial charge in [-0.2, -0.15) is 0 Å². The molecule has 1 heterocycles. The van der Waals surface area contributed by atoms with Gasteiger partial charge in [0.1, 0.15) is 0 Å². The van der Waals surface area contributed by atoms with Gasteiger partial charge in [-0.3, -0.25) is 4.68 Å². The van der Waals surface area contributed by atoms with Crippen molar-refractivity contribution in [2.75, 3.05) is 5.84 Å². The number of hydrogen-bond donors (Lipinski definition) is 1. The van der Waals surface area contributed by atoms with E-state index in [1.54, 1.807) is 10.8 Å². The molecule has 0 unspecified atom stereocenters. The van der Waals surface area contributed by atoms with Gasteiger partial charge in [0.05, 0.1) is 11.2 Å². The van der Waals surface area contributed by atoms with Gasteiger partial charge in [0, 0.05) is 10.9 Å². The van der Waals surface area contributed by atoms with Gasteiger partial charge in [0.15, 0.2) is 0 Å². The molecule has 0 atom stereocenters. The summed E-state index contributed by atoms with van der Waals surface area (Å²) < 4.78 is 1.68. The summed E-state index contributed by atoms with van der Waals surface area (Å²) >= 11 is 0. The fourth-order valence-electron chi connectivity index (χ4n) is 1.86. The summed E-state index contributed by atoms with van der Waals surface area (Å²) in [6.07, 6.45) is 5.85. The Hall–Kier alpha value is -1.96. The average molecular weight is 198 g/mol. The maximum Gasteiger partial charge on any atom is 0.0703 e. The topological polar surface area (TPSA) is 30.9 Å². The van der Waals surface area contributed by atoms with E-state index < -0.39 is 0 Å². The highest BCUT2D eigenvalue weighted by molar-refractivity contribution is 5.93. The molecular weight excluding hydrogens is 184 g/mol. The molecule has 0 bridgehead atoms. The molecule has 15 heavy (non-hydrogen) atoms. The molecule has 2 N–H and O–H groups in total. The molecule has 0 fully saturated rings. The summed E-state index contributed by atoms with van der Waals surface area (Å²) in [6, 6.07) is 8.08. The molecule has 0 aliphatic rings. The third-order valence-corrected chi connectivity index (χ3v) is 2.52. The van der Waals surface area contributed by atoms with Crippen LogP contribution < -0.4 is 5.84 Å². The van der Waals surface area contributed by atoms with Crippen molar-refractivity contribution in [1.29, 1.82) is 0 Å². The summed E-state index contributed by atoms with van der Waals surface area (Å²) in [6.45, 7) is 5.79. The second-order valence-electron chi connectivity index (χ2n) is 3.39. The molecule has 0 spiro atoms. The molecule has 0 saturated heterocycles. The number of hydrogen-bond acceptors (Lipinski definition) is 1. The second-order valence-corrected chi connectivity index (χ2v) is 3.39. The Morgan fingerprint density at radius 3 is 2.73 bits per heavy atom. The fraction of sp³-hybridized carbons (Fsp3) is 0.0769. The number of nitrogen functional groups attached to an aromatic ring is 1. The average Bonchev–Trinajstić information content (AvgIpc) is 2.54. The molecule has 2 heteroatoms. The zero-order chi connectivity index (χ0) is 10.8. The highest BCUT2D eigenvalue weighted by Gasteiger charge is 2.09. The number of benzene rings is 1. The van der Waals surface area contributed by atoms with Gasteiger partial charge in [0.25, 0.3) is 0 Å². The van der Waals surface area contributed by atoms with Crippen molar-refractivity contribution in [3.63, 3.8) is 0 Å². The van der Waals surface area contributed by atoms with E-state index in [2.05, 4.69) is 18.7 Å². The molecule has 0 radical (unpaired) electrons. The molecular formula is C13H14N2. The molecule has 1 aromatic heterocycles. The van der Waals surface area contributed by atoms with E-state index in [1.807, 2.05) is 31.2 Å². The maximum atomic E-state index is 5.99. The third-order valence-electron chi connectivity index (χ3n) is 2.52. The van der Waals surface area contributed by atoms with Crippen molar-refractivity contribution >= 4 is 23.1 Å². The van der Waals surface area contributed by atoms with E-state index in [4.69, 9.17) is 5.84 Å². The highest BCUT2D eigenvalue weighted by atomic mass is 15.3. The lowest BCUT2D eigenvalue weighted by Gasteiger charge is -1.98. The van der Waals surface area contributed by atoms with Gasteiger partial charge in [-0.1, -0.05) is 36.9 Å². The molecule has 2 rings (SSSR count). The van der Waals surface area contributed by atoms with Crippen LogP contribution in [-0.4, -0.2) is 4.68 Å². The molecule has 2 aromatic rings. The lowest BCUT2D eigenvalue weighted by atomic mass is 10.1. The first-order chi connectivity index (χ1) is 7.29. The summed E-state index contributed by atoms with van der Waals surface area (Å²) in [5, 5.41) is 1.16. The standard InChI is InChI=1S/C13H14N2/c1-3-7-10-11-8-5-6-9-13(11)15(14)12(10)4-2/h3-9H,2,14H2,1H3/b7-3-. The van der Waals surface area contributed by atoms with E-state index in [9.17, 15) is 0 Å². The van der Waals surface area contributed by atoms with Crippen molar-refractivity contribution in [2.24, 2.45) is 0 Å². The molecule has 76 valence electrons. The van der Waals surface area contributed by atoms with Crippen LogP contribution >= 0.6 is 0 Å². The molecule has 0 aliphatic carbocycles. The third kappa shape index (κ3) is 1.34. The largest absolute Gasteiger partial charge is 0.339 e. The predicted octanol–water partition coefficient (Wildman–Crippen LogP) is 3.03. The van der Waals surface area contributed by atoms with Gasteiger partial charge in [0.2, 0.25) is 0 Å². The highest BCUT2D eigenvalue weighted by Crippen LogP contribution is 2.26. The smallest absolute Gasteiger partial charge is 0.0703 e. The van der Waals surface area contributed by atoms with Crippen LogP contribution in [-0.2, 0) is 0 Å². The zero-order valence-corrected chi connectivity index (χ0v) is 8.77. The quantitative estimate of drug-likeness (QED) is 0.739. The van der Waals surface area contributed by atoms with Gasteiger partial charge in [-0.05, 0) is 19.1 Å². The van der Waals surface area contributed by atoms with Crippen LogP contribution in [0, 0.1) is 0 Å². The van der Waals surface area contributed by atoms with Crippen LogP contribution in [0.1, 0.15) is 18.2 Å². The SMILES string of the molecule is C=Cc1c(/C=C\C)c2ccccc2n1N. The zero-order valence-electron chi connectivity index (χ0n) is 8.77. The monoisotopic (exact) mass is 198 g/mol. The number of nitrogens with zero attached hydrogens (tertiary/aromatic N) is 1. The van der Waals surface area contributed by atoms with Gasteiger partial charge in [-0.25, -0.2) is 0 Å². The Bertz CT molecular complexity index is 533. The van der Waals surface area contributed by atoms with Crippen LogP contribution in [0.3, 0.4) is 0 Å². The van der Waals surface area contributed by atoms with Crippen molar-refractivity contribution in [1.82, 2.24) is 4.68 Å². The molecule has 0 amide bonds. The van der Waals surface area contributed by atoms with Crippen LogP contribution in [0.15, 0.2) is 36.9 Å². The summed E-state index contributed by atoms with van der Waals surface area (Å²) in [5.41, 5.74) is 3.11. The lowest BCUT2D eigenvalue weighted by Crippen LogP contribution is -2.09. The Labute approximate surface area is 89.3 Å². The number of para-hydroxylation sites is 1. The van der Waals surface area contributed by atoms with Gasteiger partial charge in [-0.15, -0.1) is 0 Å². The minimum atomic E-state index is 0.953. The molecule has 0 saturated carbocycles. The van der Waals surface area contributed by atoms with Crippen molar-refractivity contribution in [2.45, 2.75) is 6.92 Å². The van der Waals surface area contributed by atoms with Crippen LogP contribution in [0.2, 0.25) is 0 Å². The Morgan fingerprint density at radius 1 is 1.33 bits per heavy atom. The Balaban J connectivity index is 2.90. The number of nitrogens with two attached hydrogens (primary N) is 1. The lowest BCUT2D eigenvalue weighted by molar-refractivity contribution is 1.05. The molecule has 2 nitrogen and oxygen atoms in total. The van der Waals surface area contributed by atoms with Crippen molar-refractivity contribution < 1.29 is 0 Å².